The van der Waals surface area contributed by atoms with Crippen LogP contribution in [0.15, 0.2) is 58.3 Å². The lowest BCUT2D eigenvalue weighted by Crippen LogP contribution is -2.17. The summed E-state index contributed by atoms with van der Waals surface area (Å²) in [5, 5.41) is 5.41. The number of hydrogen-bond acceptors (Lipinski definition) is 4. The maximum absolute atomic E-state index is 13.4. The van der Waals surface area contributed by atoms with Crippen molar-refractivity contribution in [2.75, 3.05) is 10.6 Å². The third-order valence-corrected chi connectivity index (χ3v) is 6.29. The lowest BCUT2D eigenvalue weighted by atomic mass is 10.2. The minimum Gasteiger partial charge on any atom is -0.325 e. The molecule has 2 rings (SSSR count). The Kier molecular flexibility index (Phi) is 8.39. The molecule has 0 radical (unpaired) electrons. The number of carbonyl (C=O) groups is 2. The number of carbonyl (C=O) groups excluding carboxylic acids is 2. The van der Waals surface area contributed by atoms with E-state index < -0.39 is 9.84 Å². The molecule has 7 heteroatoms. The molecule has 2 amide bonds. The molecule has 0 saturated heterocycles. The molecule has 0 bridgehead atoms. The molecular weight excluding hydrogens is 388 g/mol. The molecule has 0 heterocycles. The summed E-state index contributed by atoms with van der Waals surface area (Å²) >= 11 is 0. The molecule has 2 aromatic rings. The lowest BCUT2D eigenvalue weighted by Gasteiger charge is -2.15. The Morgan fingerprint density at radius 1 is 0.724 bits per heavy atom. The summed E-state index contributed by atoms with van der Waals surface area (Å²) in [6, 6.07) is 12.6. The summed E-state index contributed by atoms with van der Waals surface area (Å²) in [6.07, 6.45) is 3.86. The molecule has 0 unspecified atom stereocenters. The molecule has 29 heavy (non-hydrogen) atoms. The number of rotatable bonds is 10. The van der Waals surface area contributed by atoms with Crippen molar-refractivity contribution in [1.29, 1.82) is 0 Å². The Bertz CT molecular complexity index is 883. The topological polar surface area (TPSA) is 92.3 Å². The van der Waals surface area contributed by atoms with Crippen LogP contribution in [0.4, 0.5) is 11.4 Å². The number of nitrogens with one attached hydrogen (secondary N) is 2. The first-order chi connectivity index (χ1) is 13.9. The van der Waals surface area contributed by atoms with Gasteiger partial charge in [-0.2, -0.15) is 0 Å². The fourth-order valence-electron chi connectivity index (χ4n) is 2.83. The normalized spacial score (nSPS) is 11.1. The van der Waals surface area contributed by atoms with Crippen LogP contribution in [0.25, 0.3) is 0 Å². The maximum atomic E-state index is 13.4. The van der Waals surface area contributed by atoms with Gasteiger partial charge in [0, 0.05) is 12.8 Å². The molecule has 0 spiro atoms. The van der Waals surface area contributed by atoms with E-state index in [1.54, 1.807) is 36.4 Å². The highest BCUT2D eigenvalue weighted by atomic mass is 32.2. The van der Waals surface area contributed by atoms with Crippen molar-refractivity contribution in [2.24, 2.45) is 0 Å². The number of sulfone groups is 1. The minimum absolute atomic E-state index is 0.0000978. The average Bonchev–Trinajstić information content (AvgIpc) is 2.71. The highest BCUT2D eigenvalue weighted by molar-refractivity contribution is 7.91. The van der Waals surface area contributed by atoms with Gasteiger partial charge in [0.05, 0.1) is 21.2 Å². The van der Waals surface area contributed by atoms with Gasteiger partial charge in [0.25, 0.3) is 0 Å². The van der Waals surface area contributed by atoms with Crippen LogP contribution in [-0.4, -0.2) is 20.2 Å². The van der Waals surface area contributed by atoms with Crippen LogP contribution in [0, 0.1) is 0 Å². The number of para-hydroxylation sites is 2. The Labute approximate surface area is 172 Å². The smallest absolute Gasteiger partial charge is 0.224 e. The summed E-state index contributed by atoms with van der Waals surface area (Å²) in [5.74, 6) is -0.452. The number of unbranched alkanes of at least 4 members (excludes halogenated alkanes) is 2. The van der Waals surface area contributed by atoms with Gasteiger partial charge in [0.1, 0.15) is 0 Å². The molecule has 6 nitrogen and oxygen atoms in total. The predicted octanol–water partition coefficient (Wildman–Crippen LogP) is 4.78. The molecule has 0 saturated carbocycles. The third-order valence-electron chi connectivity index (χ3n) is 4.42. The quantitative estimate of drug-likeness (QED) is 0.583. The Morgan fingerprint density at radius 2 is 1.10 bits per heavy atom. The van der Waals surface area contributed by atoms with Crippen molar-refractivity contribution in [3.05, 3.63) is 48.5 Å². The van der Waals surface area contributed by atoms with Gasteiger partial charge in [-0.25, -0.2) is 8.42 Å². The number of amides is 2. The minimum atomic E-state index is -3.96. The fourth-order valence-corrected chi connectivity index (χ4v) is 4.40. The molecule has 2 N–H and O–H groups in total. The van der Waals surface area contributed by atoms with Crippen LogP contribution in [0.1, 0.15) is 52.4 Å². The zero-order valence-corrected chi connectivity index (χ0v) is 17.7. The second-order valence-corrected chi connectivity index (χ2v) is 8.69. The van der Waals surface area contributed by atoms with Crippen LogP contribution in [0.2, 0.25) is 0 Å². The molecule has 0 atom stereocenters. The highest BCUT2D eigenvalue weighted by Crippen LogP contribution is 2.32. The van der Waals surface area contributed by atoms with Gasteiger partial charge in [0.15, 0.2) is 0 Å². The second kappa shape index (κ2) is 10.8. The fraction of sp³-hybridized carbons (Fsp3) is 0.364. The standard InChI is InChI=1S/C22H28N2O4S/c1-3-5-15-21(25)23-17-11-7-9-13-19(17)29(27,28)20-14-10-8-12-18(20)24-22(26)16-6-4-2/h7-14H,3-6,15-16H2,1-2H3,(H,23,25)(H,24,26). The van der Waals surface area contributed by atoms with E-state index in [9.17, 15) is 18.0 Å². The maximum Gasteiger partial charge on any atom is 0.224 e. The van der Waals surface area contributed by atoms with E-state index >= 15 is 0 Å². The largest absolute Gasteiger partial charge is 0.325 e. The van der Waals surface area contributed by atoms with Gasteiger partial charge in [-0.05, 0) is 37.1 Å². The van der Waals surface area contributed by atoms with E-state index in [4.69, 9.17) is 0 Å². The molecule has 0 fully saturated rings. The van der Waals surface area contributed by atoms with Crippen molar-refractivity contribution in [2.45, 2.75) is 62.2 Å². The highest BCUT2D eigenvalue weighted by Gasteiger charge is 2.25. The van der Waals surface area contributed by atoms with E-state index in [1.165, 1.54) is 12.1 Å². The van der Waals surface area contributed by atoms with Crippen molar-refractivity contribution in [3.63, 3.8) is 0 Å². The molecule has 0 aliphatic rings. The van der Waals surface area contributed by atoms with E-state index in [1.807, 2.05) is 13.8 Å². The van der Waals surface area contributed by atoms with Crippen molar-refractivity contribution in [1.82, 2.24) is 0 Å². The number of benzene rings is 2. The summed E-state index contributed by atoms with van der Waals surface area (Å²) in [7, 11) is -3.96. The summed E-state index contributed by atoms with van der Waals surface area (Å²) in [6.45, 7) is 3.97. The Balaban J connectivity index is 2.37. The zero-order valence-electron chi connectivity index (χ0n) is 16.9. The molecule has 0 aliphatic heterocycles. The average molecular weight is 417 g/mol. The molecule has 156 valence electrons. The molecular formula is C22H28N2O4S. The molecule has 2 aromatic carbocycles. The van der Waals surface area contributed by atoms with Gasteiger partial charge >= 0.3 is 0 Å². The van der Waals surface area contributed by atoms with Crippen LogP contribution in [0.3, 0.4) is 0 Å². The first-order valence-electron chi connectivity index (χ1n) is 9.93. The van der Waals surface area contributed by atoms with Gasteiger partial charge < -0.3 is 10.6 Å². The first-order valence-corrected chi connectivity index (χ1v) is 11.4. The Hall–Kier alpha value is -2.67. The molecule has 0 aliphatic carbocycles. The first kappa shape index (κ1) is 22.6. The predicted molar refractivity (Wildman–Crippen MR) is 115 cm³/mol. The van der Waals surface area contributed by atoms with Gasteiger partial charge in [-0.3, -0.25) is 9.59 Å². The van der Waals surface area contributed by atoms with E-state index in [-0.39, 0.29) is 33.0 Å². The van der Waals surface area contributed by atoms with Crippen molar-refractivity contribution in [3.8, 4) is 0 Å². The lowest BCUT2D eigenvalue weighted by molar-refractivity contribution is -0.117. The van der Waals surface area contributed by atoms with Crippen LogP contribution < -0.4 is 10.6 Å². The van der Waals surface area contributed by atoms with E-state index in [0.717, 1.165) is 25.7 Å². The van der Waals surface area contributed by atoms with Crippen molar-refractivity contribution < 1.29 is 18.0 Å². The third kappa shape index (κ3) is 6.15. The summed E-state index contributed by atoms with van der Waals surface area (Å²) in [5.41, 5.74) is 0.474. The summed E-state index contributed by atoms with van der Waals surface area (Å²) < 4.78 is 26.7. The molecule has 0 aromatic heterocycles. The van der Waals surface area contributed by atoms with Crippen molar-refractivity contribution >= 4 is 33.0 Å². The van der Waals surface area contributed by atoms with Gasteiger partial charge in [0.2, 0.25) is 21.7 Å². The number of hydrogen-bond donors (Lipinski definition) is 2. The zero-order chi connectivity index (χ0) is 21.3. The summed E-state index contributed by atoms with van der Waals surface area (Å²) in [4.78, 5) is 24.3. The van der Waals surface area contributed by atoms with Gasteiger partial charge in [-0.1, -0.05) is 51.0 Å². The van der Waals surface area contributed by atoms with E-state index in [0.29, 0.717) is 12.8 Å². The monoisotopic (exact) mass is 416 g/mol. The van der Waals surface area contributed by atoms with E-state index in [2.05, 4.69) is 10.6 Å². The Morgan fingerprint density at radius 3 is 1.48 bits per heavy atom. The number of anilines is 2. The van der Waals surface area contributed by atoms with Crippen LogP contribution in [-0.2, 0) is 19.4 Å². The van der Waals surface area contributed by atoms with Gasteiger partial charge in [-0.15, -0.1) is 0 Å². The SMILES string of the molecule is CCCCC(=O)Nc1ccccc1S(=O)(=O)c1ccccc1NC(=O)CCCC. The second-order valence-electron chi connectivity index (χ2n) is 6.80. The van der Waals surface area contributed by atoms with Crippen LogP contribution >= 0.6 is 0 Å². The van der Waals surface area contributed by atoms with Crippen LogP contribution in [0.5, 0.6) is 0 Å².